The average Bonchev–Trinajstić information content (AvgIpc) is 3.37. The van der Waals surface area contributed by atoms with Gasteiger partial charge in [-0.3, -0.25) is 9.59 Å². The third-order valence-electron chi connectivity index (χ3n) is 4.70. The lowest BCUT2D eigenvalue weighted by Gasteiger charge is -2.26. The molecule has 0 atom stereocenters. The number of anilines is 1. The summed E-state index contributed by atoms with van der Waals surface area (Å²) >= 11 is 0. The Morgan fingerprint density at radius 1 is 1.33 bits per heavy atom. The molecule has 1 aliphatic carbocycles. The number of halogens is 1. The molecule has 1 saturated carbocycles. The van der Waals surface area contributed by atoms with Gasteiger partial charge in [0.15, 0.2) is 0 Å². The lowest BCUT2D eigenvalue weighted by atomic mass is 9.79. The fourth-order valence-electron chi connectivity index (χ4n) is 2.59. The van der Waals surface area contributed by atoms with E-state index < -0.39 is 23.1 Å². The highest BCUT2D eigenvalue weighted by Crippen LogP contribution is 2.34. The van der Waals surface area contributed by atoms with Crippen LogP contribution in [0, 0.1) is 17.2 Å². The second-order valence-corrected chi connectivity index (χ2v) is 6.41. The highest BCUT2D eigenvalue weighted by molar-refractivity contribution is 5.95. The summed E-state index contributed by atoms with van der Waals surface area (Å²) in [5.41, 5.74) is -0.715. The third-order valence-corrected chi connectivity index (χ3v) is 4.70. The quantitative estimate of drug-likeness (QED) is 0.718. The Labute approximate surface area is 141 Å². The number of rotatable bonds is 9. The second-order valence-electron chi connectivity index (χ2n) is 6.41. The number of nitrogens with one attached hydrogen (secondary N) is 1. The van der Waals surface area contributed by atoms with Crippen LogP contribution in [0.4, 0.5) is 10.1 Å². The van der Waals surface area contributed by atoms with E-state index in [1.165, 1.54) is 18.2 Å². The molecule has 0 bridgehead atoms. The summed E-state index contributed by atoms with van der Waals surface area (Å²) in [6, 6.07) is 3.92. The highest BCUT2D eigenvalue weighted by atomic mass is 19.1. The molecule has 24 heavy (non-hydrogen) atoms. The van der Waals surface area contributed by atoms with Crippen LogP contribution in [0.1, 0.15) is 46.0 Å². The van der Waals surface area contributed by atoms with E-state index >= 15 is 0 Å². The van der Waals surface area contributed by atoms with Crippen molar-refractivity contribution in [1.82, 2.24) is 0 Å². The van der Waals surface area contributed by atoms with Crippen molar-refractivity contribution in [3.63, 3.8) is 0 Å². The number of aliphatic carboxylic acids is 1. The zero-order valence-corrected chi connectivity index (χ0v) is 14.1. The first kappa shape index (κ1) is 18.2. The zero-order chi connectivity index (χ0) is 17.7. The fourth-order valence-corrected chi connectivity index (χ4v) is 2.59. The molecule has 132 valence electrons. The maximum atomic E-state index is 13.4. The minimum Gasteiger partial charge on any atom is -0.491 e. The van der Waals surface area contributed by atoms with Crippen LogP contribution < -0.4 is 10.1 Å². The number of benzene rings is 1. The van der Waals surface area contributed by atoms with Gasteiger partial charge < -0.3 is 15.2 Å². The van der Waals surface area contributed by atoms with E-state index in [0.29, 0.717) is 31.1 Å². The molecule has 0 spiro atoms. The fraction of sp³-hybridized carbons (Fsp3) is 0.556. The second kappa shape index (κ2) is 7.64. The Kier molecular flexibility index (Phi) is 5.80. The van der Waals surface area contributed by atoms with Gasteiger partial charge in [-0.25, -0.2) is 4.39 Å². The number of carboxylic acids is 1. The Balaban J connectivity index is 2.08. The molecule has 0 aliphatic heterocycles. The van der Waals surface area contributed by atoms with Gasteiger partial charge in [0.05, 0.1) is 17.7 Å². The predicted octanol–water partition coefficient (Wildman–Crippen LogP) is 3.83. The summed E-state index contributed by atoms with van der Waals surface area (Å²) in [4.78, 5) is 23.8. The van der Waals surface area contributed by atoms with Gasteiger partial charge in [-0.1, -0.05) is 13.8 Å². The molecule has 0 unspecified atom stereocenters. The summed E-state index contributed by atoms with van der Waals surface area (Å²) in [7, 11) is 0. The monoisotopic (exact) mass is 337 g/mol. The zero-order valence-electron chi connectivity index (χ0n) is 14.1. The molecule has 1 amide bonds. The van der Waals surface area contributed by atoms with Crippen LogP contribution in [0.25, 0.3) is 0 Å². The van der Waals surface area contributed by atoms with Crippen molar-refractivity contribution < 1.29 is 23.8 Å². The molecule has 0 radical (unpaired) electrons. The lowest BCUT2D eigenvalue weighted by Crippen LogP contribution is -2.34. The molecule has 2 rings (SSSR count). The van der Waals surface area contributed by atoms with Crippen LogP contribution in [0.3, 0.4) is 0 Å². The van der Waals surface area contributed by atoms with Crippen LogP contribution in [-0.4, -0.2) is 23.6 Å². The molecular formula is C18H24FNO4. The van der Waals surface area contributed by atoms with E-state index in [0.717, 1.165) is 12.8 Å². The van der Waals surface area contributed by atoms with Gasteiger partial charge in [-0.15, -0.1) is 0 Å². The molecule has 0 heterocycles. The highest BCUT2D eigenvalue weighted by Gasteiger charge is 2.37. The predicted molar refractivity (Wildman–Crippen MR) is 88.5 cm³/mol. The number of carbonyl (C=O) groups is 2. The van der Waals surface area contributed by atoms with Crippen LogP contribution in [0.5, 0.6) is 5.75 Å². The molecule has 1 aliphatic rings. The van der Waals surface area contributed by atoms with E-state index in [-0.39, 0.29) is 12.2 Å². The van der Waals surface area contributed by atoms with Gasteiger partial charge in [0.25, 0.3) is 0 Å². The van der Waals surface area contributed by atoms with Crippen LogP contribution in [-0.2, 0) is 9.59 Å². The summed E-state index contributed by atoms with van der Waals surface area (Å²) < 4.78 is 19.0. The molecule has 6 heteroatoms. The van der Waals surface area contributed by atoms with Crippen LogP contribution in [0.2, 0.25) is 0 Å². The van der Waals surface area contributed by atoms with Gasteiger partial charge in [0.2, 0.25) is 5.91 Å². The van der Waals surface area contributed by atoms with Gasteiger partial charge in [-0.2, -0.15) is 0 Å². The summed E-state index contributed by atoms with van der Waals surface area (Å²) in [6.07, 6.45) is 2.80. The summed E-state index contributed by atoms with van der Waals surface area (Å²) in [6.45, 7) is 4.01. The Morgan fingerprint density at radius 2 is 2.00 bits per heavy atom. The molecule has 0 aromatic heterocycles. The number of amides is 1. The largest absolute Gasteiger partial charge is 0.491 e. The number of hydrogen-bond donors (Lipinski definition) is 2. The van der Waals surface area contributed by atoms with Crippen LogP contribution in [0.15, 0.2) is 18.2 Å². The smallest absolute Gasteiger partial charge is 0.310 e. The first-order chi connectivity index (χ1) is 11.4. The lowest BCUT2D eigenvalue weighted by molar-refractivity contribution is -0.151. The van der Waals surface area contributed by atoms with Crippen molar-refractivity contribution in [2.24, 2.45) is 11.3 Å². The number of hydrogen-bond acceptors (Lipinski definition) is 3. The molecule has 1 fully saturated rings. The van der Waals surface area contributed by atoms with Crippen molar-refractivity contribution >= 4 is 17.6 Å². The maximum absolute atomic E-state index is 13.4. The van der Waals surface area contributed by atoms with E-state index in [4.69, 9.17) is 4.74 Å². The summed E-state index contributed by atoms with van der Waals surface area (Å²) in [5, 5.41) is 12.1. The molecule has 1 aromatic carbocycles. The van der Waals surface area contributed by atoms with Gasteiger partial charge >= 0.3 is 5.97 Å². The van der Waals surface area contributed by atoms with Gasteiger partial charge in [-0.05, 0) is 43.7 Å². The SMILES string of the molecule is CCC(CC)(CC(=O)Nc1ccc(F)cc1OCC1CC1)C(=O)O. The number of carboxylic acid groups (broad SMARTS) is 1. The molecule has 0 saturated heterocycles. The topological polar surface area (TPSA) is 75.6 Å². The number of ether oxygens (including phenoxy) is 1. The minimum atomic E-state index is -1.08. The van der Waals surface area contributed by atoms with E-state index in [1.807, 2.05) is 0 Å². The van der Waals surface area contributed by atoms with Crippen molar-refractivity contribution in [1.29, 1.82) is 0 Å². The van der Waals surface area contributed by atoms with Crippen molar-refractivity contribution in [3.8, 4) is 5.75 Å². The Hall–Kier alpha value is -2.11. The van der Waals surface area contributed by atoms with Crippen LogP contribution >= 0.6 is 0 Å². The number of carbonyl (C=O) groups excluding carboxylic acids is 1. The average molecular weight is 337 g/mol. The van der Waals surface area contributed by atoms with Gasteiger partial charge in [0, 0.05) is 12.5 Å². The molecule has 2 N–H and O–H groups in total. The maximum Gasteiger partial charge on any atom is 0.310 e. The normalized spacial score (nSPS) is 14.3. The minimum absolute atomic E-state index is 0.130. The standard InChI is InChI=1S/C18H24FNO4/c1-3-18(4-2,17(22)23)10-16(21)20-14-8-7-13(19)9-15(14)24-11-12-5-6-12/h7-9,12H,3-6,10-11H2,1-2H3,(H,20,21)(H,22,23). The Bertz CT molecular complexity index is 609. The Morgan fingerprint density at radius 3 is 2.54 bits per heavy atom. The van der Waals surface area contributed by atoms with Crippen molar-refractivity contribution in [2.75, 3.05) is 11.9 Å². The third kappa shape index (κ3) is 4.46. The summed E-state index contributed by atoms with van der Waals surface area (Å²) in [5.74, 6) is -1.06. The first-order valence-corrected chi connectivity index (χ1v) is 8.35. The van der Waals surface area contributed by atoms with Gasteiger partial charge in [0.1, 0.15) is 11.6 Å². The molecular weight excluding hydrogens is 313 g/mol. The first-order valence-electron chi connectivity index (χ1n) is 8.35. The van der Waals surface area contributed by atoms with E-state index in [2.05, 4.69) is 5.32 Å². The molecule has 1 aromatic rings. The van der Waals surface area contributed by atoms with E-state index in [1.54, 1.807) is 13.8 Å². The van der Waals surface area contributed by atoms with Crippen molar-refractivity contribution in [2.45, 2.75) is 46.0 Å². The molecule has 5 nitrogen and oxygen atoms in total. The van der Waals surface area contributed by atoms with E-state index in [9.17, 15) is 19.1 Å². The van der Waals surface area contributed by atoms with Crippen molar-refractivity contribution in [3.05, 3.63) is 24.0 Å².